The summed E-state index contributed by atoms with van der Waals surface area (Å²) in [6.07, 6.45) is 3.13. The largest absolute Gasteiger partial charge is 0.389 e. The summed E-state index contributed by atoms with van der Waals surface area (Å²) in [6, 6.07) is 2.69. The summed E-state index contributed by atoms with van der Waals surface area (Å²) in [7, 11) is 0. The van der Waals surface area contributed by atoms with Crippen LogP contribution in [0.25, 0.3) is 10.9 Å². The van der Waals surface area contributed by atoms with E-state index in [0.717, 1.165) is 31.1 Å². The Bertz CT molecular complexity index is 636. The number of rotatable bonds is 3. The Hall–Kier alpha value is -1.46. The van der Waals surface area contributed by atoms with Gasteiger partial charge in [-0.3, -0.25) is 0 Å². The zero-order valence-electron chi connectivity index (χ0n) is 11.4. The molecule has 0 bridgehead atoms. The molecule has 2 aromatic rings. The number of hydrogen-bond acceptors (Lipinski definition) is 2. The van der Waals surface area contributed by atoms with Gasteiger partial charge in [0.25, 0.3) is 0 Å². The molecule has 1 aromatic heterocycles. The van der Waals surface area contributed by atoms with E-state index in [0.29, 0.717) is 23.9 Å². The lowest BCUT2D eigenvalue weighted by Gasteiger charge is -2.18. The van der Waals surface area contributed by atoms with Gasteiger partial charge in [-0.15, -0.1) is 0 Å². The van der Waals surface area contributed by atoms with Crippen LogP contribution in [0.3, 0.4) is 0 Å². The monoisotopic (exact) mass is 280 g/mol. The highest BCUT2D eigenvalue weighted by molar-refractivity contribution is 5.83. The molecule has 1 unspecified atom stereocenters. The second kappa shape index (κ2) is 4.82. The summed E-state index contributed by atoms with van der Waals surface area (Å²) >= 11 is 0. The standard InChI is InChI=1S/C15H18F2N2O/c1-15(20)5-7-19(9-15)6-4-10-8-18-12-3-2-11(16)14(17)13(10)12/h2-3,8,18,20H,4-7,9H2,1H3. The number of fused-ring (bicyclic) bond motifs is 1. The predicted molar refractivity (Wildman–Crippen MR) is 73.6 cm³/mol. The molecule has 0 spiro atoms. The summed E-state index contributed by atoms with van der Waals surface area (Å²) in [5.41, 5.74) is 0.772. The van der Waals surface area contributed by atoms with Crippen molar-refractivity contribution >= 4 is 10.9 Å². The Balaban J connectivity index is 1.77. The first-order valence-electron chi connectivity index (χ1n) is 6.85. The second-order valence-electron chi connectivity index (χ2n) is 5.87. The number of aliphatic hydroxyl groups is 1. The summed E-state index contributed by atoms with van der Waals surface area (Å²) in [5, 5.41) is 10.3. The normalized spacial score (nSPS) is 23.8. The minimum atomic E-state index is -0.817. The molecule has 2 N–H and O–H groups in total. The molecule has 3 nitrogen and oxygen atoms in total. The zero-order chi connectivity index (χ0) is 14.3. The lowest BCUT2D eigenvalue weighted by molar-refractivity contribution is 0.0690. The third kappa shape index (κ3) is 2.43. The number of nitrogens with one attached hydrogen (secondary N) is 1. The Kier molecular flexibility index (Phi) is 3.26. The predicted octanol–water partition coefficient (Wildman–Crippen LogP) is 2.45. The lowest BCUT2D eigenvalue weighted by atomic mass is 10.1. The van der Waals surface area contributed by atoms with Crippen LogP contribution in [0.2, 0.25) is 0 Å². The number of β-amino-alcohol motifs (C(OH)–C–C–N with tert-alkyl or cyclic N) is 1. The molecule has 0 saturated carbocycles. The van der Waals surface area contributed by atoms with E-state index in [1.54, 1.807) is 12.3 Å². The van der Waals surface area contributed by atoms with E-state index in [-0.39, 0.29) is 0 Å². The topological polar surface area (TPSA) is 39.3 Å². The maximum atomic E-state index is 13.9. The minimum absolute atomic E-state index is 0.343. The number of aromatic amines is 1. The quantitative estimate of drug-likeness (QED) is 0.906. The van der Waals surface area contributed by atoms with E-state index in [4.69, 9.17) is 0 Å². The smallest absolute Gasteiger partial charge is 0.168 e. The number of aromatic nitrogens is 1. The third-order valence-corrected chi connectivity index (χ3v) is 4.05. The molecule has 1 aliphatic rings. The van der Waals surface area contributed by atoms with E-state index < -0.39 is 17.2 Å². The van der Waals surface area contributed by atoms with Crippen molar-refractivity contribution in [3.63, 3.8) is 0 Å². The SMILES string of the molecule is CC1(O)CCN(CCc2c[nH]c3ccc(F)c(F)c23)C1. The van der Waals surface area contributed by atoms with Crippen LogP contribution in [0.5, 0.6) is 0 Å². The lowest BCUT2D eigenvalue weighted by Crippen LogP contribution is -2.30. The van der Waals surface area contributed by atoms with Crippen molar-refractivity contribution in [2.24, 2.45) is 0 Å². The van der Waals surface area contributed by atoms with Crippen molar-refractivity contribution in [1.29, 1.82) is 0 Å². The van der Waals surface area contributed by atoms with Crippen LogP contribution < -0.4 is 0 Å². The van der Waals surface area contributed by atoms with Crippen molar-refractivity contribution < 1.29 is 13.9 Å². The van der Waals surface area contributed by atoms with Gasteiger partial charge < -0.3 is 15.0 Å². The minimum Gasteiger partial charge on any atom is -0.389 e. The van der Waals surface area contributed by atoms with Gasteiger partial charge in [0.15, 0.2) is 11.6 Å². The molecule has 1 saturated heterocycles. The van der Waals surface area contributed by atoms with Gasteiger partial charge in [0.2, 0.25) is 0 Å². The van der Waals surface area contributed by atoms with Gasteiger partial charge >= 0.3 is 0 Å². The van der Waals surface area contributed by atoms with Gasteiger partial charge in [-0.1, -0.05) is 0 Å². The summed E-state index contributed by atoms with van der Waals surface area (Å²) in [5.74, 6) is -1.60. The van der Waals surface area contributed by atoms with Crippen LogP contribution in [0.15, 0.2) is 18.3 Å². The molecule has 0 radical (unpaired) electrons. The average molecular weight is 280 g/mol. The highest BCUT2D eigenvalue weighted by Crippen LogP contribution is 2.25. The Labute approximate surface area is 116 Å². The number of halogens is 2. The first-order chi connectivity index (χ1) is 9.46. The molecule has 108 valence electrons. The van der Waals surface area contributed by atoms with Gasteiger partial charge in [-0.25, -0.2) is 8.78 Å². The molecule has 2 heterocycles. The number of H-pyrrole nitrogens is 1. The molecule has 5 heteroatoms. The van der Waals surface area contributed by atoms with Crippen molar-refractivity contribution in [1.82, 2.24) is 9.88 Å². The van der Waals surface area contributed by atoms with Crippen molar-refractivity contribution in [3.05, 3.63) is 35.5 Å². The van der Waals surface area contributed by atoms with Gasteiger partial charge in [-0.2, -0.15) is 0 Å². The molecular weight excluding hydrogens is 262 g/mol. The summed E-state index contributed by atoms with van der Waals surface area (Å²) in [4.78, 5) is 5.12. The molecule has 1 aromatic carbocycles. The molecular formula is C15H18F2N2O. The van der Waals surface area contributed by atoms with Crippen LogP contribution >= 0.6 is 0 Å². The van der Waals surface area contributed by atoms with E-state index in [2.05, 4.69) is 9.88 Å². The highest BCUT2D eigenvalue weighted by Gasteiger charge is 2.30. The van der Waals surface area contributed by atoms with E-state index in [1.807, 2.05) is 6.92 Å². The van der Waals surface area contributed by atoms with Gasteiger partial charge in [-0.05, 0) is 37.5 Å². The summed E-state index contributed by atoms with van der Waals surface area (Å²) < 4.78 is 27.2. The molecule has 20 heavy (non-hydrogen) atoms. The molecule has 1 atom stereocenters. The Morgan fingerprint density at radius 1 is 1.40 bits per heavy atom. The zero-order valence-corrected chi connectivity index (χ0v) is 11.4. The van der Waals surface area contributed by atoms with Crippen LogP contribution in [0.4, 0.5) is 8.78 Å². The van der Waals surface area contributed by atoms with Crippen LogP contribution in [0, 0.1) is 11.6 Å². The van der Waals surface area contributed by atoms with Crippen LogP contribution in [0.1, 0.15) is 18.9 Å². The van der Waals surface area contributed by atoms with Crippen molar-refractivity contribution in [3.8, 4) is 0 Å². The number of benzene rings is 1. The maximum absolute atomic E-state index is 13.9. The third-order valence-electron chi connectivity index (χ3n) is 4.05. The van der Waals surface area contributed by atoms with E-state index in [1.165, 1.54) is 0 Å². The first-order valence-corrected chi connectivity index (χ1v) is 6.85. The average Bonchev–Trinajstić information content (AvgIpc) is 2.95. The highest BCUT2D eigenvalue weighted by atomic mass is 19.2. The fourth-order valence-electron chi connectivity index (χ4n) is 2.93. The van der Waals surface area contributed by atoms with Crippen LogP contribution in [-0.4, -0.2) is 40.2 Å². The molecule has 0 aliphatic carbocycles. The van der Waals surface area contributed by atoms with Crippen molar-refractivity contribution in [2.45, 2.75) is 25.4 Å². The molecule has 1 fully saturated rings. The Morgan fingerprint density at radius 2 is 2.20 bits per heavy atom. The van der Waals surface area contributed by atoms with Gasteiger partial charge in [0.1, 0.15) is 0 Å². The van der Waals surface area contributed by atoms with Gasteiger partial charge in [0.05, 0.1) is 5.60 Å². The number of hydrogen-bond donors (Lipinski definition) is 2. The first kappa shape index (κ1) is 13.5. The summed E-state index contributed by atoms with van der Waals surface area (Å²) in [6.45, 7) is 4.03. The molecule has 3 rings (SSSR count). The second-order valence-corrected chi connectivity index (χ2v) is 5.87. The maximum Gasteiger partial charge on any atom is 0.168 e. The van der Waals surface area contributed by atoms with Crippen molar-refractivity contribution in [2.75, 3.05) is 19.6 Å². The van der Waals surface area contributed by atoms with Gasteiger partial charge in [0, 0.05) is 36.7 Å². The number of nitrogens with zero attached hydrogens (tertiary/aromatic N) is 1. The number of likely N-dealkylation sites (tertiary alicyclic amines) is 1. The van der Waals surface area contributed by atoms with E-state index >= 15 is 0 Å². The fraction of sp³-hybridized carbons (Fsp3) is 0.467. The Morgan fingerprint density at radius 3 is 2.90 bits per heavy atom. The molecule has 0 amide bonds. The van der Waals surface area contributed by atoms with E-state index in [9.17, 15) is 13.9 Å². The molecule has 1 aliphatic heterocycles. The fourth-order valence-corrected chi connectivity index (χ4v) is 2.93. The van der Waals surface area contributed by atoms with Crippen LogP contribution in [-0.2, 0) is 6.42 Å².